The van der Waals surface area contributed by atoms with Crippen LogP contribution in [0.5, 0.6) is 0 Å². The summed E-state index contributed by atoms with van der Waals surface area (Å²) in [5.41, 5.74) is 4.48. The van der Waals surface area contributed by atoms with Gasteiger partial charge in [0.1, 0.15) is 0 Å². The van der Waals surface area contributed by atoms with E-state index in [-0.39, 0.29) is 11.8 Å². The Labute approximate surface area is 136 Å². The molecule has 1 aliphatic heterocycles. The maximum atomic E-state index is 12.4. The minimum absolute atomic E-state index is 0.141. The van der Waals surface area contributed by atoms with Crippen molar-refractivity contribution in [2.45, 2.75) is 26.7 Å². The number of aryl methyl sites for hydroxylation is 1. The summed E-state index contributed by atoms with van der Waals surface area (Å²) in [6.45, 7) is 4.77. The molecule has 2 amide bonds. The quantitative estimate of drug-likeness (QED) is 0.940. The molecule has 118 valence electrons. The fraction of sp³-hybridized carbons (Fsp3) is 0.263. The molecule has 4 nitrogen and oxygen atoms in total. The van der Waals surface area contributed by atoms with Gasteiger partial charge in [0.15, 0.2) is 0 Å². The predicted octanol–water partition coefficient (Wildman–Crippen LogP) is 3.68. The van der Waals surface area contributed by atoms with Crippen LogP contribution in [0.25, 0.3) is 0 Å². The third-order valence-corrected chi connectivity index (χ3v) is 4.37. The highest BCUT2D eigenvalue weighted by atomic mass is 16.2. The zero-order valence-electron chi connectivity index (χ0n) is 13.4. The van der Waals surface area contributed by atoms with Crippen LogP contribution in [0, 0.1) is 13.8 Å². The van der Waals surface area contributed by atoms with Crippen molar-refractivity contribution < 1.29 is 9.59 Å². The molecule has 4 heteroatoms. The summed E-state index contributed by atoms with van der Waals surface area (Å²) in [5, 5.41) is 2.95. The number of hydrogen-bond acceptors (Lipinski definition) is 2. The van der Waals surface area contributed by atoms with E-state index in [9.17, 15) is 9.59 Å². The second kappa shape index (κ2) is 6.24. The Morgan fingerprint density at radius 3 is 2.48 bits per heavy atom. The molecule has 0 spiro atoms. The lowest BCUT2D eigenvalue weighted by atomic mass is 10.1. The number of amides is 2. The van der Waals surface area contributed by atoms with Gasteiger partial charge < -0.3 is 10.2 Å². The molecule has 0 saturated carbocycles. The van der Waals surface area contributed by atoms with Gasteiger partial charge in [0.05, 0.1) is 0 Å². The summed E-state index contributed by atoms with van der Waals surface area (Å²) in [6.07, 6.45) is 1.50. The molecule has 1 N–H and O–H groups in total. The van der Waals surface area contributed by atoms with Gasteiger partial charge in [0, 0.05) is 29.9 Å². The summed E-state index contributed by atoms with van der Waals surface area (Å²) in [4.78, 5) is 25.9. The number of nitrogens with one attached hydrogen (secondary N) is 1. The van der Waals surface area contributed by atoms with Gasteiger partial charge in [0.2, 0.25) is 5.91 Å². The molecule has 1 saturated heterocycles. The van der Waals surface area contributed by atoms with Crippen molar-refractivity contribution in [3.63, 3.8) is 0 Å². The highest BCUT2D eigenvalue weighted by Crippen LogP contribution is 2.23. The lowest BCUT2D eigenvalue weighted by molar-refractivity contribution is -0.117. The predicted molar refractivity (Wildman–Crippen MR) is 91.9 cm³/mol. The molecule has 0 unspecified atom stereocenters. The summed E-state index contributed by atoms with van der Waals surface area (Å²) in [6, 6.07) is 13.1. The van der Waals surface area contributed by atoms with Crippen molar-refractivity contribution in [1.82, 2.24) is 0 Å². The summed E-state index contributed by atoms with van der Waals surface area (Å²) in [5.74, 6) is 0.00980. The van der Waals surface area contributed by atoms with E-state index in [0.717, 1.165) is 35.5 Å². The van der Waals surface area contributed by atoms with Crippen LogP contribution in [0.3, 0.4) is 0 Å². The van der Waals surface area contributed by atoms with Crippen LogP contribution in [0.15, 0.2) is 42.5 Å². The summed E-state index contributed by atoms with van der Waals surface area (Å²) in [7, 11) is 0. The molecule has 0 radical (unpaired) electrons. The molecule has 3 rings (SSSR count). The van der Waals surface area contributed by atoms with Crippen molar-refractivity contribution in [1.29, 1.82) is 0 Å². The molecule has 23 heavy (non-hydrogen) atoms. The van der Waals surface area contributed by atoms with E-state index in [2.05, 4.69) is 5.32 Å². The highest BCUT2D eigenvalue weighted by molar-refractivity contribution is 6.05. The van der Waals surface area contributed by atoms with Gasteiger partial charge in [-0.1, -0.05) is 12.1 Å². The van der Waals surface area contributed by atoms with E-state index in [1.54, 1.807) is 17.0 Å². The average molecular weight is 308 g/mol. The Bertz CT molecular complexity index is 750. The van der Waals surface area contributed by atoms with Gasteiger partial charge in [-0.15, -0.1) is 0 Å². The smallest absolute Gasteiger partial charge is 0.255 e. The molecule has 2 aromatic rings. The highest BCUT2D eigenvalue weighted by Gasteiger charge is 2.21. The normalized spacial score (nSPS) is 14.2. The minimum Gasteiger partial charge on any atom is -0.322 e. The zero-order chi connectivity index (χ0) is 16.4. The number of carbonyl (C=O) groups is 2. The number of rotatable bonds is 3. The van der Waals surface area contributed by atoms with Crippen LogP contribution in [0.1, 0.15) is 34.3 Å². The lowest BCUT2D eigenvalue weighted by Gasteiger charge is -2.16. The zero-order valence-corrected chi connectivity index (χ0v) is 13.4. The van der Waals surface area contributed by atoms with Crippen molar-refractivity contribution in [2.24, 2.45) is 0 Å². The first-order valence-electron chi connectivity index (χ1n) is 7.84. The number of benzene rings is 2. The van der Waals surface area contributed by atoms with E-state index in [0.29, 0.717) is 12.0 Å². The number of nitrogens with zero attached hydrogens (tertiary/aromatic N) is 1. The Kier molecular flexibility index (Phi) is 4.15. The van der Waals surface area contributed by atoms with Crippen molar-refractivity contribution in [3.8, 4) is 0 Å². The number of hydrogen-bond donors (Lipinski definition) is 1. The third-order valence-electron chi connectivity index (χ3n) is 4.37. The number of carbonyl (C=O) groups excluding carboxylic acids is 2. The molecule has 0 aromatic heterocycles. The topological polar surface area (TPSA) is 49.4 Å². The first-order chi connectivity index (χ1) is 11.1. The molecule has 2 aromatic carbocycles. The molecular weight excluding hydrogens is 288 g/mol. The van der Waals surface area contributed by atoms with E-state index in [1.807, 2.05) is 44.2 Å². The van der Waals surface area contributed by atoms with E-state index in [1.165, 1.54) is 0 Å². The maximum Gasteiger partial charge on any atom is 0.255 e. The van der Waals surface area contributed by atoms with Crippen molar-refractivity contribution in [3.05, 3.63) is 59.2 Å². The Morgan fingerprint density at radius 1 is 1.09 bits per heavy atom. The van der Waals surface area contributed by atoms with Crippen LogP contribution in [-0.2, 0) is 4.79 Å². The van der Waals surface area contributed by atoms with Crippen LogP contribution < -0.4 is 10.2 Å². The molecule has 1 fully saturated rings. The third kappa shape index (κ3) is 3.11. The Morgan fingerprint density at radius 2 is 1.83 bits per heavy atom. The fourth-order valence-corrected chi connectivity index (χ4v) is 2.79. The van der Waals surface area contributed by atoms with Crippen molar-refractivity contribution >= 4 is 23.2 Å². The molecule has 1 aliphatic rings. The van der Waals surface area contributed by atoms with Crippen molar-refractivity contribution in [2.75, 3.05) is 16.8 Å². The molecule has 0 bridgehead atoms. The molecule has 0 aliphatic carbocycles. The van der Waals surface area contributed by atoms with Gasteiger partial charge in [0.25, 0.3) is 5.91 Å². The first-order valence-corrected chi connectivity index (χ1v) is 7.84. The van der Waals surface area contributed by atoms with Crippen LogP contribution >= 0.6 is 0 Å². The second-order valence-electron chi connectivity index (χ2n) is 5.90. The monoisotopic (exact) mass is 308 g/mol. The van der Waals surface area contributed by atoms with Gasteiger partial charge in [-0.25, -0.2) is 0 Å². The largest absolute Gasteiger partial charge is 0.322 e. The lowest BCUT2D eigenvalue weighted by Crippen LogP contribution is -2.23. The van der Waals surface area contributed by atoms with E-state index < -0.39 is 0 Å². The molecular formula is C19H20N2O2. The first kappa shape index (κ1) is 15.3. The van der Waals surface area contributed by atoms with Gasteiger partial charge in [-0.3, -0.25) is 9.59 Å². The van der Waals surface area contributed by atoms with E-state index in [4.69, 9.17) is 0 Å². The van der Waals surface area contributed by atoms with Crippen LogP contribution in [0.2, 0.25) is 0 Å². The van der Waals surface area contributed by atoms with Crippen LogP contribution in [-0.4, -0.2) is 18.4 Å². The summed E-state index contributed by atoms with van der Waals surface area (Å²) >= 11 is 0. The van der Waals surface area contributed by atoms with Gasteiger partial charge in [-0.05, 0) is 61.7 Å². The molecule has 1 heterocycles. The maximum absolute atomic E-state index is 12.4. The SMILES string of the molecule is Cc1cccc(NC(=O)c2ccc(N3CCCC3=O)cc2)c1C. The summed E-state index contributed by atoms with van der Waals surface area (Å²) < 4.78 is 0. The number of anilines is 2. The van der Waals surface area contributed by atoms with Gasteiger partial charge in [-0.2, -0.15) is 0 Å². The second-order valence-corrected chi connectivity index (χ2v) is 5.90. The Hall–Kier alpha value is -2.62. The Balaban J connectivity index is 1.75. The van der Waals surface area contributed by atoms with E-state index >= 15 is 0 Å². The van der Waals surface area contributed by atoms with Crippen LogP contribution in [0.4, 0.5) is 11.4 Å². The fourth-order valence-electron chi connectivity index (χ4n) is 2.79. The average Bonchev–Trinajstić information content (AvgIpc) is 2.98. The standard InChI is InChI=1S/C19H20N2O2/c1-13-5-3-6-17(14(13)2)20-19(23)15-8-10-16(11-9-15)21-12-4-7-18(21)22/h3,5-6,8-11H,4,7,12H2,1-2H3,(H,20,23). The minimum atomic E-state index is -0.141. The molecule has 0 atom stereocenters. The van der Waals surface area contributed by atoms with Gasteiger partial charge >= 0.3 is 0 Å².